The maximum absolute atomic E-state index is 4.86. The minimum Gasteiger partial charge on any atom is -0.335 e. The van der Waals surface area contributed by atoms with E-state index >= 15 is 0 Å². The summed E-state index contributed by atoms with van der Waals surface area (Å²) in [7, 11) is 0. The molecule has 0 saturated carbocycles. The Hall–Kier alpha value is -3.95. The number of aromatic nitrogens is 5. The van der Waals surface area contributed by atoms with Gasteiger partial charge in [-0.2, -0.15) is 4.98 Å². The van der Waals surface area contributed by atoms with Crippen LogP contribution in [0.15, 0.2) is 73.2 Å². The van der Waals surface area contributed by atoms with Crippen LogP contribution in [-0.4, -0.2) is 55.5 Å². The van der Waals surface area contributed by atoms with Gasteiger partial charge in [-0.25, -0.2) is 15.0 Å². The van der Waals surface area contributed by atoms with Crippen molar-refractivity contribution in [1.29, 1.82) is 0 Å². The highest BCUT2D eigenvalue weighted by atomic mass is 32.1. The van der Waals surface area contributed by atoms with Gasteiger partial charge in [0.2, 0.25) is 5.95 Å². The molecule has 1 fully saturated rings. The quantitative estimate of drug-likeness (QED) is 0.331. The zero-order chi connectivity index (χ0) is 25.2. The SMILES string of the molecule is Cc1cc(Nc2cc3nc(-c4cccnc4)sc3cn2)nc(N2CCN(Cc3ccccc3)C[C@@H]2C)n1. The summed E-state index contributed by atoms with van der Waals surface area (Å²) in [6.07, 6.45) is 5.46. The number of benzene rings is 1. The van der Waals surface area contributed by atoms with Gasteiger partial charge < -0.3 is 10.2 Å². The molecule has 1 saturated heterocycles. The van der Waals surface area contributed by atoms with Gasteiger partial charge in [0.05, 0.1) is 10.2 Å². The van der Waals surface area contributed by atoms with Crippen molar-refractivity contribution in [1.82, 2.24) is 29.8 Å². The van der Waals surface area contributed by atoms with Crippen molar-refractivity contribution in [3.05, 3.63) is 84.4 Å². The molecule has 1 atom stereocenters. The number of rotatable bonds is 6. The average Bonchev–Trinajstić information content (AvgIpc) is 3.33. The lowest BCUT2D eigenvalue weighted by Crippen LogP contribution is -2.52. The Morgan fingerprint density at radius 3 is 2.68 bits per heavy atom. The molecule has 0 unspecified atom stereocenters. The van der Waals surface area contributed by atoms with Gasteiger partial charge in [-0.3, -0.25) is 9.88 Å². The van der Waals surface area contributed by atoms with E-state index in [1.807, 2.05) is 43.6 Å². The van der Waals surface area contributed by atoms with Gasteiger partial charge in [-0.05, 0) is 31.5 Å². The predicted molar refractivity (Wildman–Crippen MR) is 149 cm³/mol. The fourth-order valence-corrected chi connectivity index (χ4v) is 5.61. The highest BCUT2D eigenvalue weighted by molar-refractivity contribution is 7.21. The standard InChI is InChI=1S/C28H28N8S/c1-19-13-26(33-25-14-23-24(16-30-25)37-27(32-23)22-9-6-10-29-15-22)34-28(31-19)36-12-11-35(17-20(36)2)18-21-7-4-3-5-8-21/h3-10,13-16,20H,11-12,17-18H2,1-2H3,(H,30,31,33,34)/t20-/m0/s1. The van der Waals surface area contributed by atoms with Crippen LogP contribution < -0.4 is 10.2 Å². The van der Waals surface area contributed by atoms with Crippen LogP contribution in [0, 0.1) is 6.92 Å². The molecule has 5 aromatic rings. The summed E-state index contributed by atoms with van der Waals surface area (Å²) in [5, 5.41) is 4.31. The third-order valence-corrected chi connectivity index (χ3v) is 7.55. The molecule has 0 spiro atoms. The van der Waals surface area contributed by atoms with Crippen LogP contribution in [0.1, 0.15) is 18.2 Å². The number of thiazole rings is 1. The van der Waals surface area contributed by atoms with Gasteiger partial charge >= 0.3 is 0 Å². The lowest BCUT2D eigenvalue weighted by molar-refractivity contribution is 0.219. The Balaban J connectivity index is 1.18. The molecular formula is C28H28N8S. The third-order valence-electron chi connectivity index (χ3n) is 6.50. The smallest absolute Gasteiger partial charge is 0.227 e. The van der Waals surface area contributed by atoms with Crippen LogP contribution in [0.25, 0.3) is 20.8 Å². The molecule has 1 aliphatic rings. The van der Waals surface area contributed by atoms with Crippen molar-refractivity contribution in [2.45, 2.75) is 26.4 Å². The van der Waals surface area contributed by atoms with Gasteiger partial charge in [0.1, 0.15) is 16.6 Å². The van der Waals surface area contributed by atoms with Gasteiger partial charge in [0.15, 0.2) is 0 Å². The average molecular weight is 509 g/mol. The summed E-state index contributed by atoms with van der Waals surface area (Å²) in [5.41, 5.74) is 4.17. The maximum Gasteiger partial charge on any atom is 0.227 e. The van der Waals surface area contributed by atoms with E-state index < -0.39 is 0 Å². The molecule has 8 nitrogen and oxygen atoms in total. The van der Waals surface area contributed by atoms with Crippen LogP contribution in [0.4, 0.5) is 17.6 Å². The molecule has 5 heterocycles. The van der Waals surface area contributed by atoms with E-state index in [0.29, 0.717) is 11.9 Å². The molecule has 0 bridgehead atoms. The largest absolute Gasteiger partial charge is 0.335 e. The van der Waals surface area contributed by atoms with E-state index in [2.05, 4.69) is 62.3 Å². The first-order chi connectivity index (χ1) is 18.1. The molecule has 0 amide bonds. The monoisotopic (exact) mass is 508 g/mol. The van der Waals surface area contributed by atoms with Crippen molar-refractivity contribution in [2.24, 2.45) is 0 Å². The second-order valence-electron chi connectivity index (χ2n) is 9.38. The second kappa shape index (κ2) is 10.2. The molecular weight excluding hydrogens is 480 g/mol. The molecule has 1 aromatic carbocycles. The van der Waals surface area contributed by atoms with Gasteiger partial charge in [0, 0.05) is 74.2 Å². The number of hydrogen-bond donors (Lipinski definition) is 1. The van der Waals surface area contributed by atoms with Crippen molar-refractivity contribution in [2.75, 3.05) is 29.9 Å². The first kappa shape index (κ1) is 23.4. The summed E-state index contributed by atoms with van der Waals surface area (Å²) in [6, 6.07) is 18.8. The molecule has 9 heteroatoms. The lowest BCUT2D eigenvalue weighted by atomic mass is 10.1. The first-order valence-electron chi connectivity index (χ1n) is 12.4. The first-order valence-corrected chi connectivity index (χ1v) is 13.2. The Morgan fingerprint density at radius 2 is 1.86 bits per heavy atom. The van der Waals surface area contributed by atoms with E-state index in [1.54, 1.807) is 17.5 Å². The van der Waals surface area contributed by atoms with Gasteiger partial charge in [-0.1, -0.05) is 30.3 Å². The van der Waals surface area contributed by atoms with Crippen molar-refractivity contribution in [3.63, 3.8) is 0 Å². The summed E-state index contributed by atoms with van der Waals surface area (Å²) < 4.78 is 1.03. The minimum absolute atomic E-state index is 0.308. The van der Waals surface area contributed by atoms with E-state index in [1.165, 1.54) is 5.56 Å². The summed E-state index contributed by atoms with van der Waals surface area (Å²) in [6.45, 7) is 8.04. The highest BCUT2D eigenvalue weighted by Crippen LogP contribution is 2.31. The highest BCUT2D eigenvalue weighted by Gasteiger charge is 2.26. The molecule has 37 heavy (non-hydrogen) atoms. The zero-order valence-electron chi connectivity index (χ0n) is 20.9. The summed E-state index contributed by atoms with van der Waals surface area (Å²) in [4.78, 5) is 28.0. The molecule has 1 aliphatic heterocycles. The van der Waals surface area contributed by atoms with Crippen LogP contribution in [-0.2, 0) is 6.54 Å². The Bertz CT molecular complexity index is 1510. The number of hydrogen-bond acceptors (Lipinski definition) is 9. The number of fused-ring (bicyclic) bond motifs is 1. The second-order valence-corrected chi connectivity index (χ2v) is 10.4. The Kier molecular flexibility index (Phi) is 6.46. The topological polar surface area (TPSA) is 83.0 Å². The molecule has 4 aromatic heterocycles. The Labute approximate surface area is 220 Å². The number of nitrogens with one attached hydrogen (secondary N) is 1. The number of aryl methyl sites for hydroxylation is 1. The fourth-order valence-electron chi connectivity index (χ4n) is 4.71. The lowest BCUT2D eigenvalue weighted by Gasteiger charge is -2.40. The number of piperazine rings is 1. The summed E-state index contributed by atoms with van der Waals surface area (Å²) in [5.74, 6) is 2.19. The van der Waals surface area contributed by atoms with Crippen LogP contribution in [0.3, 0.4) is 0 Å². The third kappa shape index (κ3) is 5.28. The van der Waals surface area contributed by atoms with Crippen LogP contribution in [0.2, 0.25) is 0 Å². The van der Waals surface area contributed by atoms with E-state index in [4.69, 9.17) is 15.0 Å². The molecule has 6 rings (SSSR count). The zero-order valence-corrected chi connectivity index (χ0v) is 21.7. The summed E-state index contributed by atoms with van der Waals surface area (Å²) >= 11 is 1.61. The normalized spacial score (nSPS) is 16.3. The molecule has 1 N–H and O–H groups in total. The van der Waals surface area contributed by atoms with Crippen molar-refractivity contribution in [3.8, 4) is 10.6 Å². The number of nitrogens with zero attached hydrogens (tertiary/aromatic N) is 7. The Morgan fingerprint density at radius 1 is 0.973 bits per heavy atom. The van der Waals surface area contributed by atoms with Crippen molar-refractivity contribution >= 4 is 39.1 Å². The molecule has 186 valence electrons. The van der Waals surface area contributed by atoms with Crippen LogP contribution >= 0.6 is 11.3 Å². The number of anilines is 3. The van der Waals surface area contributed by atoms with E-state index in [0.717, 1.165) is 64.4 Å². The van der Waals surface area contributed by atoms with E-state index in [-0.39, 0.29) is 0 Å². The maximum atomic E-state index is 4.86. The van der Waals surface area contributed by atoms with Gasteiger partial charge in [-0.15, -0.1) is 11.3 Å². The van der Waals surface area contributed by atoms with E-state index in [9.17, 15) is 0 Å². The molecule has 0 aliphatic carbocycles. The van der Waals surface area contributed by atoms with Crippen LogP contribution in [0.5, 0.6) is 0 Å². The van der Waals surface area contributed by atoms with Crippen molar-refractivity contribution < 1.29 is 0 Å². The molecule has 0 radical (unpaired) electrons. The predicted octanol–water partition coefficient (Wildman–Crippen LogP) is 5.31. The van der Waals surface area contributed by atoms with Gasteiger partial charge in [0.25, 0.3) is 0 Å². The number of pyridine rings is 2. The minimum atomic E-state index is 0.308. The fraction of sp³-hybridized carbons (Fsp3) is 0.250.